The normalized spacial score (nSPS) is 12.1. The van der Waals surface area contributed by atoms with Gasteiger partial charge in [-0.1, -0.05) is 91.0 Å². The lowest BCUT2D eigenvalue weighted by molar-refractivity contribution is -0.137. The average Bonchev–Trinajstić information content (AvgIpc) is 2.91. The molecule has 0 fully saturated rings. The maximum absolute atomic E-state index is 12.9. The summed E-state index contributed by atoms with van der Waals surface area (Å²) in [5.41, 5.74) is 4.53. The first-order chi connectivity index (χ1) is 17.9. The topological polar surface area (TPSA) is 21.3 Å². The SMILES string of the molecule is CC(Cc1ccc(OCc2cccc(C(F)(F)F)c2)cc1)NCC=C(c1ccccc1)c1ccccc1. The zero-order valence-corrected chi connectivity index (χ0v) is 20.7. The number of halogens is 3. The summed E-state index contributed by atoms with van der Waals surface area (Å²) in [7, 11) is 0. The highest BCUT2D eigenvalue weighted by Crippen LogP contribution is 2.30. The Morgan fingerprint density at radius 1 is 0.784 bits per heavy atom. The van der Waals surface area contributed by atoms with Crippen LogP contribution in [0.4, 0.5) is 13.2 Å². The second kappa shape index (κ2) is 12.4. The summed E-state index contributed by atoms with van der Waals surface area (Å²) in [5.74, 6) is 0.625. The van der Waals surface area contributed by atoms with Crippen LogP contribution < -0.4 is 10.1 Å². The minimum atomic E-state index is -4.36. The van der Waals surface area contributed by atoms with E-state index >= 15 is 0 Å². The van der Waals surface area contributed by atoms with Gasteiger partial charge in [-0.2, -0.15) is 13.2 Å². The van der Waals surface area contributed by atoms with E-state index in [4.69, 9.17) is 4.74 Å². The van der Waals surface area contributed by atoms with Gasteiger partial charge in [-0.3, -0.25) is 0 Å². The van der Waals surface area contributed by atoms with E-state index in [1.807, 2.05) is 36.4 Å². The third-order valence-electron chi connectivity index (χ3n) is 6.07. The van der Waals surface area contributed by atoms with Crippen molar-refractivity contribution in [3.8, 4) is 5.75 Å². The molecule has 0 saturated heterocycles. The summed E-state index contributed by atoms with van der Waals surface area (Å²) in [5, 5.41) is 3.58. The van der Waals surface area contributed by atoms with E-state index in [-0.39, 0.29) is 12.6 Å². The van der Waals surface area contributed by atoms with Gasteiger partial charge in [0.1, 0.15) is 12.4 Å². The van der Waals surface area contributed by atoms with Crippen LogP contribution in [0.25, 0.3) is 5.57 Å². The molecule has 0 heterocycles. The molecule has 0 aliphatic carbocycles. The number of hydrogen-bond donors (Lipinski definition) is 1. The predicted molar refractivity (Wildman–Crippen MR) is 143 cm³/mol. The summed E-state index contributed by atoms with van der Waals surface area (Å²) < 4.78 is 44.4. The Morgan fingerprint density at radius 2 is 1.41 bits per heavy atom. The first kappa shape index (κ1) is 26.2. The van der Waals surface area contributed by atoms with Crippen molar-refractivity contribution in [2.75, 3.05) is 6.54 Å². The van der Waals surface area contributed by atoms with Gasteiger partial charge in [0.25, 0.3) is 0 Å². The summed E-state index contributed by atoms with van der Waals surface area (Å²) in [6.07, 6.45) is -1.29. The van der Waals surface area contributed by atoms with Crippen LogP contribution in [0.15, 0.2) is 115 Å². The van der Waals surface area contributed by atoms with Crippen molar-refractivity contribution in [2.24, 2.45) is 0 Å². The highest BCUT2D eigenvalue weighted by atomic mass is 19.4. The number of ether oxygens (including phenoxy) is 1. The fourth-order valence-electron chi connectivity index (χ4n) is 4.15. The standard InChI is InChI=1S/C32H30F3NO/c1-24(36-20-19-31(27-10-4-2-5-11-27)28-12-6-3-7-13-28)21-25-15-17-30(18-16-25)37-23-26-9-8-14-29(22-26)32(33,34)35/h2-19,22,24,36H,20-21,23H2,1H3. The monoisotopic (exact) mass is 501 g/mol. The number of nitrogens with one attached hydrogen (secondary N) is 1. The van der Waals surface area contributed by atoms with Gasteiger partial charge in [-0.25, -0.2) is 0 Å². The zero-order chi connectivity index (χ0) is 26.1. The summed E-state index contributed by atoms with van der Waals surface area (Å²) in [4.78, 5) is 0. The highest BCUT2D eigenvalue weighted by molar-refractivity contribution is 5.79. The van der Waals surface area contributed by atoms with Crippen LogP contribution in [-0.4, -0.2) is 12.6 Å². The van der Waals surface area contributed by atoms with Gasteiger partial charge in [0.2, 0.25) is 0 Å². The Labute approximate surface area is 216 Å². The smallest absolute Gasteiger partial charge is 0.416 e. The molecule has 190 valence electrons. The predicted octanol–water partition coefficient (Wildman–Crippen LogP) is 7.94. The molecule has 0 amide bonds. The Hall–Kier alpha value is -3.83. The van der Waals surface area contributed by atoms with Gasteiger partial charge in [0.05, 0.1) is 5.56 Å². The molecule has 4 rings (SSSR count). The summed E-state index contributed by atoms with van der Waals surface area (Å²) >= 11 is 0. The summed E-state index contributed by atoms with van der Waals surface area (Å²) in [6.45, 7) is 2.97. The van der Waals surface area contributed by atoms with E-state index in [1.54, 1.807) is 6.07 Å². The third kappa shape index (κ3) is 7.83. The van der Waals surface area contributed by atoms with E-state index in [0.29, 0.717) is 11.3 Å². The molecule has 0 aliphatic heterocycles. The number of alkyl halides is 3. The number of benzene rings is 4. The Kier molecular flexibility index (Phi) is 8.81. The van der Waals surface area contributed by atoms with Gasteiger partial charge in [-0.15, -0.1) is 0 Å². The maximum atomic E-state index is 12.9. The minimum absolute atomic E-state index is 0.0821. The third-order valence-corrected chi connectivity index (χ3v) is 6.07. The Bertz CT molecular complexity index is 1240. The fraction of sp³-hybridized carbons (Fsp3) is 0.188. The largest absolute Gasteiger partial charge is 0.489 e. The van der Waals surface area contributed by atoms with Crippen molar-refractivity contribution in [1.29, 1.82) is 0 Å². The first-order valence-electron chi connectivity index (χ1n) is 12.3. The number of rotatable bonds is 10. The molecular formula is C32H30F3NO. The first-order valence-corrected chi connectivity index (χ1v) is 12.3. The minimum Gasteiger partial charge on any atom is -0.489 e. The van der Waals surface area contributed by atoms with E-state index in [2.05, 4.69) is 66.8 Å². The van der Waals surface area contributed by atoms with Gasteiger partial charge >= 0.3 is 6.18 Å². The van der Waals surface area contributed by atoms with Crippen LogP contribution in [0.3, 0.4) is 0 Å². The lowest BCUT2D eigenvalue weighted by Crippen LogP contribution is -2.28. The molecular weight excluding hydrogens is 471 g/mol. The van der Waals surface area contributed by atoms with Crippen molar-refractivity contribution in [2.45, 2.75) is 32.2 Å². The zero-order valence-electron chi connectivity index (χ0n) is 20.7. The average molecular weight is 502 g/mol. The van der Waals surface area contributed by atoms with Crippen LogP contribution >= 0.6 is 0 Å². The van der Waals surface area contributed by atoms with Crippen molar-refractivity contribution in [3.05, 3.63) is 143 Å². The van der Waals surface area contributed by atoms with Crippen molar-refractivity contribution < 1.29 is 17.9 Å². The second-order valence-corrected chi connectivity index (χ2v) is 8.99. The van der Waals surface area contributed by atoms with Crippen LogP contribution in [0.5, 0.6) is 5.75 Å². The molecule has 4 aromatic carbocycles. The van der Waals surface area contributed by atoms with Crippen LogP contribution in [0.2, 0.25) is 0 Å². The maximum Gasteiger partial charge on any atom is 0.416 e. The number of hydrogen-bond acceptors (Lipinski definition) is 2. The van der Waals surface area contributed by atoms with E-state index < -0.39 is 11.7 Å². The fourth-order valence-corrected chi connectivity index (χ4v) is 4.15. The van der Waals surface area contributed by atoms with Gasteiger partial charge < -0.3 is 10.1 Å². The molecule has 1 atom stereocenters. The molecule has 2 nitrogen and oxygen atoms in total. The molecule has 37 heavy (non-hydrogen) atoms. The molecule has 0 bridgehead atoms. The molecule has 1 N–H and O–H groups in total. The highest BCUT2D eigenvalue weighted by Gasteiger charge is 2.30. The van der Waals surface area contributed by atoms with Crippen LogP contribution in [0, 0.1) is 0 Å². The van der Waals surface area contributed by atoms with E-state index in [1.165, 1.54) is 22.8 Å². The van der Waals surface area contributed by atoms with E-state index in [0.717, 1.165) is 30.7 Å². The molecule has 0 saturated carbocycles. The van der Waals surface area contributed by atoms with Crippen molar-refractivity contribution in [3.63, 3.8) is 0 Å². The molecule has 0 aromatic heterocycles. The van der Waals surface area contributed by atoms with Gasteiger partial charge in [0.15, 0.2) is 0 Å². The lowest BCUT2D eigenvalue weighted by Gasteiger charge is -2.15. The Balaban J connectivity index is 1.30. The molecule has 4 aromatic rings. The molecule has 0 aliphatic rings. The van der Waals surface area contributed by atoms with Crippen molar-refractivity contribution >= 4 is 5.57 Å². The summed E-state index contributed by atoms with van der Waals surface area (Å²) in [6, 6.07) is 33.9. The molecule has 0 spiro atoms. The van der Waals surface area contributed by atoms with Crippen LogP contribution in [0.1, 0.15) is 34.7 Å². The second-order valence-electron chi connectivity index (χ2n) is 8.99. The lowest BCUT2D eigenvalue weighted by atomic mass is 9.97. The van der Waals surface area contributed by atoms with Gasteiger partial charge in [0, 0.05) is 12.6 Å². The van der Waals surface area contributed by atoms with Crippen LogP contribution in [-0.2, 0) is 19.2 Å². The molecule has 5 heteroatoms. The van der Waals surface area contributed by atoms with Crippen molar-refractivity contribution in [1.82, 2.24) is 5.32 Å². The van der Waals surface area contributed by atoms with E-state index in [9.17, 15) is 13.2 Å². The molecule has 0 radical (unpaired) electrons. The Morgan fingerprint density at radius 3 is 2.00 bits per heavy atom. The molecule has 1 unspecified atom stereocenters. The quantitative estimate of drug-likeness (QED) is 0.238. The van der Waals surface area contributed by atoms with Gasteiger partial charge in [-0.05, 0) is 65.4 Å².